The predicted octanol–water partition coefficient (Wildman–Crippen LogP) is 7.08. The van der Waals surface area contributed by atoms with Crippen LogP contribution in [0.4, 0.5) is 13.2 Å². The van der Waals surface area contributed by atoms with Crippen LogP contribution < -0.4 is 0 Å². The maximum absolute atomic E-state index is 13.6. The van der Waals surface area contributed by atoms with Gasteiger partial charge in [-0.05, 0) is 60.3 Å². The van der Waals surface area contributed by atoms with Gasteiger partial charge in [0.1, 0.15) is 11.3 Å². The van der Waals surface area contributed by atoms with Crippen molar-refractivity contribution in [3.05, 3.63) is 64.2 Å². The molecule has 1 aliphatic rings. The molecule has 1 N–H and O–H groups in total. The standard InChI is InChI=1S/C25H29F3O2/c1-3-22(29)21-15-14-20(23(24(21)30)25(26,27)28)13-8-17-6-11-19(12-7-17)18-9-4-16(2)5-10-18/h6-7,11-12,14-16,18,30H,3-5,8-10,13H2,1-2H3. The lowest BCUT2D eigenvalue weighted by Gasteiger charge is -2.26. The second-order valence-electron chi connectivity index (χ2n) is 8.47. The molecule has 2 nitrogen and oxygen atoms in total. The van der Waals surface area contributed by atoms with Crippen molar-refractivity contribution in [1.29, 1.82) is 0 Å². The third-order valence-electron chi connectivity index (χ3n) is 6.32. The monoisotopic (exact) mass is 418 g/mol. The predicted molar refractivity (Wildman–Crippen MR) is 112 cm³/mol. The minimum Gasteiger partial charge on any atom is -0.507 e. The second kappa shape index (κ2) is 9.23. The molecule has 0 spiro atoms. The summed E-state index contributed by atoms with van der Waals surface area (Å²) in [5.41, 5.74) is 0.929. The van der Waals surface area contributed by atoms with E-state index in [1.54, 1.807) is 6.92 Å². The molecule has 1 fully saturated rings. The molecule has 0 atom stereocenters. The molecule has 0 aromatic heterocycles. The van der Waals surface area contributed by atoms with Gasteiger partial charge in [0, 0.05) is 6.42 Å². The fraction of sp³-hybridized carbons (Fsp3) is 0.480. The highest BCUT2D eigenvalue weighted by Crippen LogP contribution is 2.41. The third-order valence-corrected chi connectivity index (χ3v) is 6.32. The SMILES string of the molecule is CCC(=O)c1ccc(CCc2ccc(C3CCC(C)CC3)cc2)c(C(F)(F)F)c1O. The lowest BCUT2D eigenvalue weighted by Crippen LogP contribution is -2.13. The van der Waals surface area contributed by atoms with Crippen molar-refractivity contribution in [2.24, 2.45) is 5.92 Å². The topological polar surface area (TPSA) is 37.3 Å². The molecule has 0 aliphatic heterocycles. The van der Waals surface area contributed by atoms with Gasteiger partial charge in [0.2, 0.25) is 0 Å². The molecule has 162 valence electrons. The van der Waals surface area contributed by atoms with Crippen molar-refractivity contribution < 1.29 is 23.1 Å². The Morgan fingerprint density at radius 1 is 1.00 bits per heavy atom. The zero-order valence-corrected chi connectivity index (χ0v) is 17.6. The van der Waals surface area contributed by atoms with Crippen LogP contribution in [0.15, 0.2) is 36.4 Å². The van der Waals surface area contributed by atoms with Gasteiger partial charge in [0.25, 0.3) is 0 Å². The summed E-state index contributed by atoms with van der Waals surface area (Å²) in [6, 6.07) is 10.8. The molecule has 2 aromatic carbocycles. The van der Waals surface area contributed by atoms with Crippen LogP contribution >= 0.6 is 0 Å². The second-order valence-corrected chi connectivity index (χ2v) is 8.47. The number of phenols is 1. The Kier molecular flexibility index (Phi) is 6.89. The molecule has 0 unspecified atom stereocenters. The number of benzene rings is 2. The molecular weight excluding hydrogens is 389 g/mol. The van der Waals surface area contributed by atoms with E-state index in [2.05, 4.69) is 19.1 Å². The van der Waals surface area contributed by atoms with Crippen LogP contribution in [-0.4, -0.2) is 10.9 Å². The lowest BCUT2D eigenvalue weighted by molar-refractivity contribution is -0.139. The minimum absolute atomic E-state index is 0.0120. The molecule has 0 bridgehead atoms. The van der Waals surface area contributed by atoms with Crippen LogP contribution in [0.5, 0.6) is 5.75 Å². The van der Waals surface area contributed by atoms with E-state index < -0.39 is 23.3 Å². The normalized spacial score (nSPS) is 19.6. The smallest absolute Gasteiger partial charge is 0.420 e. The van der Waals surface area contributed by atoms with Gasteiger partial charge in [-0.3, -0.25) is 4.79 Å². The van der Waals surface area contributed by atoms with E-state index in [1.165, 1.54) is 43.4 Å². The minimum atomic E-state index is -4.72. The van der Waals surface area contributed by atoms with Crippen LogP contribution in [-0.2, 0) is 19.0 Å². The highest BCUT2D eigenvalue weighted by Gasteiger charge is 2.38. The number of hydrogen-bond acceptors (Lipinski definition) is 2. The van der Waals surface area contributed by atoms with E-state index in [9.17, 15) is 23.1 Å². The first kappa shape index (κ1) is 22.4. The van der Waals surface area contributed by atoms with Gasteiger partial charge in [-0.25, -0.2) is 0 Å². The number of rotatable bonds is 6. The van der Waals surface area contributed by atoms with Crippen LogP contribution in [0.2, 0.25) is 0 Å². The number of aromatic hydroxyl groups is 1. The van der Waals surface area contributed by atoms with E-state index >= 15 is 0 Å². The third kappa shape index (κ3) is 5.05. The van der Waals surface area contributed by atoms with Gasteiger partial charge in [-0.1, -0.05) is 57.0 Å². The van der Waals surface area contributed by atoms with Gasteiger partial charge >= 0.3 is 6.18 Å². The highest BCUT2D eigenvalue weighted by atomic mass is 19.4. The molecule has 0 radical (unpaired) electrons. The number of carbonyl (C=O) groups is 1. The summed E-state index contributed by atoms with van der Waals surface area (Å²) in [6.45, 7) is 3.84. The average Bonchev–Trinajstić information content (AvgIpc) is 2.71. The Bertz CT molecular complexity index is 877. The maximum Gasteiger partial charge on any atom is 0.420 e. The molecule has 0 amide bonds. The van der Waals surface area contributed by atoms with Crippen molar-refractivity contribution in [2.75, 3.05) is 0 Å². The van der Waals surface area contributed by atoms with Gasteiger partial charge in [-0.15, -0.1) is 0 Å². The van der Waals surface area contributed by atoms with Gasteiger partial charge in [0.05, 0.1) is 5.56 Å². The number of phenolic OH excluding ortho intramolecular Hbond substituents is 1. The first-order valence-corrected chi connectivity index (χ1v) is 10.7. The van der Waals surface area contributed by atoms with Crippen LogP contribution in [0, 0.1) is 5.92 Å². The summed E-state index contributed by atoms with van der Waals surface area (Å²) < 4.78 is 40.8. The number of alkyl halides is 3. The van der Waals surface area contributed by atoms with Crippen molar-refractivity contribution >= 4 is 5.78 Å². The summed E-state index contributed by atoms with van der Waals surface area (Å²) >= 11 is 0. The number of Topliss-reactive ketones (excluding diaryl/α,β-unsaturated/α-hetero) is 1. The van der Waals surface area contributed by atoms with Crippen molar-refractivity contribution in [2.45, 2.75) is 70.9 Å². The largest absolute Gasteiger partial charge is 0.507 e. The summed E-state index contributed by atoms with van der Waals surface area (Å²) in [5, 5.41) is 10.2. The molecule has 2 aromatic rings. The van der Waals surface area contributed by atoms with E-state index in [-0.39, 0.29) is 24.0 Å². The van der Waals surface area contributed by atoms with E-state index in [4.69, 9.17) is 0 Å². The average molecular weight is 418 g/mol. The van der Waals surface area contributed by atoms with Crippen LogP contribution in [0.1, 0.15) is 84.5 Å². The van der Waals surface area contributed by atoms with Crippen LogP contribution in [0.3, 0.4) is 0 Å². The number of hydrogen-bond donors (Lipinski definition) is 1. The molecule has 0 saturated heterocycles. The molecule has 5 heteroatoms. The Hall–Kier alpha value is -2.30. The first-order valence-electron chi connectivity index (χ1n) is 10.7. The van der Waals surface area contributed by atoms with Crippen molar-refractivity contribution in [1.82, 2.24) is 0 Å². The van der Waals surface area contributed by atoms with Gasteiger partial charge in [-0.2, -0.15) is 13.2 Å². The van der Waals surface area contributed by atoms with Gasteiger partial charge < -0.3 is 5.11 Å². The van der Waals surface area contributed by atoms with Gasteiger partial charge in [0.15, 0.2) is 5.78 Å². The summed E-state index contributed by atoms with van der Waals surface area (Å²) in [4.78, 5) is 11.9. The zero-order valence-electron chi connectivity index (χ0n) is 17.6. The highest BCUT2D eigenvalue weighted by molar-refractivity contribution is 5.99. The zero-order chi connectivity index (χ0) is 21.9. The Morgan fingerprint density at radius 2 is 1.63 bits per heavy atom. The number of aryl methyl sites for hydroxylation is 2. The van der Waals surface area contributed by atoms with E-state index in [1.807, 2.05) is 12.1 Å². The molecule has 1 aliphatic carbocycles. The Labute approximate surface area is 176 Å². The van der Waals surface area contributed by atoms with Crippen LogP contribution in [0.25, 0.3) is 0 Å². The summed E-state index contributed by atoms with van der Waals surface area (Å²) in [5.74, 6) is -0.0857. The molecule has 0 heterocycles. The fourth-order valence-electron chi connectivity index (χ4n) is 4.40. The van der Waals surface area contributed by atoms with Crippen molar-refractivity contribution in [3.63, 3.8) is 0 Å². The summed E-state index contributed by atoms with van der Waals surface area (Å²) in [7, 11) is 0. The number of carbonyl (C=O) groups excluding carboxylic acids is 1. The maximum atomic E-state index is 13.6. The molecule has 1 saturated carbocycles. The quantitative estimate of drug-likeness (QED) is 0.509. The van der Waals surface area contributed by atoms with E-state index in [0.717, 1.165) is 11.5 Å². The lowest BCUT2D eigenvalue weighted by atomic mass is 9.79. The molecule has 3 rings (SSSR count). The fourth-order valence-corrected chi connectivity index (χ4v) is 4.40. The Morgan fingerprint density at radius 3 is 2.20 bits per heavy atom. The molecule has 30 heavy (non-hydrogen) atoms. The molecular formula is C25H29F3O2. The first-order chi connectivity index (χ1) is 14.2. The van der Waals surface area contributed by atoms with Crippen molar-refractivity contribution in [3.8, 4) is 5.75 Å². The number of ketones is 1. The van der Waals surface area contributed by atoms with E-state index in [0.29, 0.717) is 12.3 Å². The summed E-state index contributed by atoms with van der Waals surface area (Å²) in [6.07, 6.45) is 0.769. The number of halogens is 3. The Balaban J connectivity index is 1.75.